The number of aromatic nitrogens is 2. The van der Waals surface area contributed by atoms with Gasteiger partial charge >= 0.3 is 7.41 Å². The Bertz CT molecular complexity index is 456. The second kappa shape index (κ2) is 3.80. The van der Waals surface area contributed by atoms with E-state index in [-0.39, 0.29) is 0 Å². The van der Waals surface area contributed by atoms with Gasteiger partial charge in [0.25, 0.3) is 0 Å². The normalized spacial score (nSPS) is 9.36. The van der Waals surface area contributed by atoms with Crippen molar-refractivity contribution in [3.05, 3.63) is 42.9 Å². The van der Waals surface area contributed by atoms with Crippen LogP contribution in [0.15, 0.2) is 42.9 Å². The fraction of sp³-hybridized carbons (Fsp3) is 0. The minimum absolute atomic E-state index is 0.923. The zero-order valence-electron chi connectivity index (χ0n) is 7.46. The zero-order valence-corrected chi connectivity index (χ0v) is 7.46. The van der Waals surface area contributed by atoms with E-state index in [4.69, 9.17) is 5.26 Å². The van der Waals surface area contributed by atoms with E-state index < -0.39 is 0 Å². The van der Waals surface area contributed by atoms with Gasteiger partial charge in [-0.2, -0.15) is 0 Å². The molecule has 1 aromatic carbocycles. The minimum atomic E-state index is 0.923. The molecule has 0 saturated heterocycles. The molecule has 0 aliphatic carbocycles. The Morgan fingerprint density at radius 1 is 1.29 bits per heavy atom. The van der Waals surface area contributed by atoms with Gasteiger partial charge in [0.1, 0.15) is 0 Å². The van der Waals surface area contributed by atoms with E-state index in [1.165, 1.54) is 7.41 Å². The largest absolute Gasteiger partial charge is 0.392 e. The summed E-state index contributed by atoms with van der Waals surface area (Å²) in [4.78, 5) is 4.00. The average molecular weight is 180 g/mol. The highest BCUT2D eigenvalue weighted by Crippen LogP contribution is 2.16. The van der Waals surface area contributed by atoms with E-state index in [0.717, 1.165) is 11.3 Å². The fourth-order valence-electron chi connectivity index (χ4n) is 1.30. The molecule has 0 amide bonds. The lowest BCUT2D eigenvalue weighted by atomic mass is 9.97. The van der Waals surface area contributed by atoms with Gasteiger partial charge in [-0.05, 0) is 5.56 Å². The van der Waals surface area contributed by atoms with E-state index >= 15 is 0 Å². The summed E-state index contributed by atoms with van der Waals surface area (Å²) in [6.07, 6.45) is 3.36. The molecule has 0 saturated carbocycles. The molecule has 1 radical (unpaired) electrons. The van der Waals surface area contributed by atoms with E-state index in [9.17, 15) is 0 Å². The Morgan fingerprint density at radius 3 is 2.79 bits per heavy atom. The maximum atomic E-state index is 8.56. The van der Waals surface area contributed by atoms with Crippen molar-refractivity contribution in [3.63, 3.8) is 0 Å². The smallest absolute Gasteiger partial charge is 0.365 e. The number of nitriles is 1. The third-order valence-corrected chi connectivity index (χ3v) is 1.93. The van der Waals surface area contributed by atoms with Crippen LogP contribution in [-0.2, 0) is 0 Å². The minimum Gasteiger partial charge on any atom is -0.365 e. The number of benzene rings is 1. The molecule has 0 aliphatic heterocycles. The molecule has 0 unspecified atom stereocenters. The molecule has 0 bridgehead atoms. The third-order valence-electron chi connectivity index (χ3n) is 1.93. The maximum absolute atomic E-state index is 8.56. The molecule has 14 heavy (non-hydrogen) atoms. The lowest BCUT2D eigenvalue weighted by molar-refractivity contribution is 1.20. The maximum Gasteiger partial charge on any atom is 0.392 e. The molecular weight excluding hydrogens is 173 g/mol. The summed E-state index contributed by atoms with van der Waals surface area (Å²) in [6, 6.07) is 9.84. The van der Waals surface area contributed by atoms with Gasteiger partial charge in [0, 0.05) is 5.97 Å². The molecule has 65 valence electrons. The lowest BCUT2D eigenvalue weighted by Gasteiger charge is -2.02. The highest BCUT2D eigenvalue weighted by Gasteiger charge is 2.04. The second-order valence-corrected chi connectivity index (χ2v) is 2.81. The summed E-state index contributed by atoms with van der Waals surface area (Å²) in [7, 11) is 1.43. The van der Waals surface area contributed by atoms with Crippen molar-refractivity contribution < 1.29 is 0 Å². The Kier molecular flexibility index (Phi) is 2.33. The van der Waals surface area contributed by atoms with Gasteiger partial charge in [-0.15, -0.1) is 0 Å². The number of hydrogen-bond donors (Lipinski definition) is 0. The summed E-state index contributed by atoms with van der Waals surface area (Å²) in [5.41, 5.74) is 1.98. The number of nitrogens with zero attached hydrogens (tertiary/aromatic N) is 3. The predicted octanol–water partition coefficient (Wildman–Crippen LogP) is 1.50. The molecule has 3 nitrogen and oxygen atoms in total. The van der Waals surface area contributed by atoms with Crippen molar-refractivity contribution in [3.8, 4) is 17.2 Å². The summed E-state index contributed by atoms with van der Waals surface area (Å²) >= 11 is 0. The molecule has 2 aromatic rings. The van der Waals surface area contributed by atoms with Crippen molar-refractivity contribution >= 4 is 7.41 Å². The third kappa shape index (κ3) is 1.53. The summed E-state index contributed by atoms with van der Waals surface area (Å²) in [6.45, 7) is 0. The van der Waals surface area contributed by atoms with Crippen molar-refractivity contribution in [1.29, 1.82) is 5.26 Å². The monoisotopic (exact) mass is 180 g/mol. The van der Waals surface area contributed by atoms with Crippen LogP contribution in [0.1, 0.15) is 0 Å². The standard InChI is InChI=1S/C10H7BN3/c12-7-11-14-8-13-6-10(14)9-4-2-1-3-5-9/h1-6,8H. The fourth-order valence-corrected chi connectivity index (χ4v) is 1.30. The van der Waals surface area contributed by atoms with Crippen LogP contribution in [0.5, 0.6) is 0 Å². The Morgan fingerprint density at radius 2 is 2.07 bits per heavy atom. The van der Waals surface area contributed by atoms with E-state index in [0.29, 0.717) is 0 Å². The first kappa shape index (κ1) is 8.58. The van der Waals surface area contributed by atoms with Crippen molar-refractivity contribution in [2.45, 2.75) is 0 Å². The van der Waals surface area contributed by atoms with Crippen LogP contribution in [0.4, 0.5) is 0 Å². The molecule has 0 atom stereocenters. The molecule has 1 aromatic heterocycles. The zero-order chi connectivity index (χ0) is 9.80. The first-order valence-electron chi connectivity index (χ1n) is 4.22. The molecule has 2 rings (SSSR count). The number of rotatable bonds is 2. The molecule has 4 heteroatoms. The van der Waals surface area contributed by atoms with Crippen LogP contribution >= 0.6 is 0 Å². The molecule has 0 aliphatic rings. The first-order valence-corrected chi connectivity index (χ1v) is 4.22. The van der Waals surface area contributed by atoms with Crippen molar-refractivity contribution in [2.24, 2.45) is 0 Å². The summed E-state index contributed by atoms with van der Waals surface area (Å²) < 4.78 is 1.70. The van der Waals surface area contributed by atoms with E-state index in [1.54, 1.807) is 17.0 Å². The lowest BCUT2D eigenvalue weighted by Crippen LogP contribution is -2.03. The topological polar surface area (TPSA) is 41.6 Å². The van der Waals surface area contributed by atoms with Crippen LogP contribution in [0, 0.1) is 11.2 Å². The quantitative estimate of drug-likeness (QED) is 0.657. The van der Waals surface area contributed by atoms with Crippen LogP contribution in [0.2, 0.25) is 0 Å². The average Bonchev–Trinajstić information content (AvgIpc) is 2.68. The van der Waals surface area contributed by atoms with Gasteiger partial charge < -0.3 is 4.48 Å². The van der Waals surface area contributed by atoms with Gasteiger partial charge in [-0.25, -0.2) is 10.2 Å². The first-order chi connectivity index (χ1) is 6.92. The highest BCUT2D eigenvalue weighted by atomic mass is 15.0. The van der Waals surface area contributed by atoms with Gasteiger partial charge in [0.15, 0.2) is 0 Å². The van der Waals surface area contributed by atoms with Crippen LogP contribution in [0.3, 0.4) is 0 Å². The predicted molar refractivity (Wildman–Crippen MR) is 54.4 cm³/mol. The SMILES string of the molecule is N#C[B]n1cncc1-c1ccccc1. The molecule has 0 fully saturated rings. The van der Waals surface area contributed by atoms with Gasteiger partial charge in [-0.3, -0.25) is 0 Å². The van der Waals surface area contributed by atoms with Crippen molar-refractivity contribution in [1.82, 2.24) is 9.46 Å². The molecule has 0 spiro atoms. The Hall–Kier alpha value is -2.02. The van der Waals surface area contributed by atoms with Crippen LogP contribution in [0.25, 0.3) is 11.3 Å². The van der Waals surface area contributed by atoms with Crippen LogP contribution in [-0.4, -0.2) is 16.9 Å². The van der Waals surface area contributed by atoms with Gasteiger partial charge in [-0.1, -0.05) is 30.3 Å². The number of hydrogen-bond acceptors (Lipinski definition) is 2. The van der Waals surface area contributed by atoms with E-state index in [1.807, 2.05) is 36.3 Å². The van der Waals surface area contributed by atoms with Gasteiger partial charge in [0.2, 0.25) is 0 Å². The van der Waals surface area contributed by atoms with Crippen molar-refractivity contribution in [2.75, 3.05) is 0 Å². The Balaban J connectivity index is 2.43. The molecular formula is C10H7BN3. The molecule has 1 heterocycles. The Labute approximate surface area is 82.9 Å². The number of imidazole rings is 1. The second-order valence-electron chi connectivity index (χ2n) is 2.81. The highest BCUT2D eigenvalue weighted by molar-refractivity contribution is 6.44. The summed E-state index contributed by atoms with van der Waals surface area (Å²) in [5.74, 6) is 1.98. The summed E-state index contributed by atoms with van der Waals surface area (Å²) in [5, 5.41) is 8.56. The molecule has 0 N–H and O–H groups in total. The van der Waals surface area contributed by atoms with Crippen LogP contribution < -0.4 is 0 Å². The van der Waals surface area contributed by atoms with Gasteiger partial charge in [0.05, 0.1) is 18.2 Å². The van der Waals surface area contributed by atoms with E-state index in [2.05, 4.69) is 4.98 Å².